The molecule has 1 saturated heterocycles. The SMILES string of the molecule is CCC1CCC(C(=O)N(C)CCC(=O)O)O1. The van der Waals surface area contributed by atoms with E-state index >= 15 is 0 Å². The van der Waals surface area contributed by atoms with E-state index in [9.17, 15) is 9.59 Å². The molecule has 0 bridgehead atoms. The molecule has 1 aliphatic heterocycles. The maximum Gasteiger partial charge on any atom is 0.305 e. The first kappa shape index (κ1) is 13.0. The average Bonchev–Trinajstić information content (AvgIpc) is 2.73. The third kappa shape index (κ3) is 3.48. The summed E-state index contributed by atoms with van der Waals surface area (Å²) in [6.07, 6.45) is 2.37. The van der Waals surface area contributed by atoms with E-state index < -0.39 is 5.97 Å². The van der Waals surface area contributed by atoms with Crippen molar-refractivity contribution in [2.24, 2.45) is 0 Å². The summed E-state index contributed by atoms with van der Waals surface area (Å²) in [5.74, 6) is -0.990. The van der Waals surface area contributed by atoms with Gasteiger partial charge in [-0.05, 0) is 19.3 Å². The van der Waals surface area contributed by atoms with E-state index in [1.165, 1.54) is 4.90 Å². The lowest BCUT2D eigenvalue weighted by molar-refractivity contribution is -0.143. The van der Waals surface area contributed by atoms with E-state index in [0.717, 1.165) is 19.3 Å². The maximum atomic E-state index is 11.8. The molecule has 2 atom stereocenters. The molecule has 1 amide bonds. The number of rotatable bonds is 5. The zero-order chi connectivity index (χ0) is 12.1. The van der Waals surface area contributed by atoms with Crippen LogP contribution in [0, 0.1) is 0 Å². The number of hydrogen-bond acceptors (Lipinski definition) is 3. The monoisotopic (exact) mass is 229 g/mol. The fraction of sp³-hybridized carbons (Fsp3) is 0.818. The summed E-state index contributed by atoms with van der Waals surface area (Å²) in [5, 5.41) is 8.52. The number of nitrogens with zero attached hydrogens (tertiary/aromatic N) is 1. The Labute approximate surface area is 95.4 Å². The summed E-state index contributed by atoms with van der Waals surface area (Å²) in [4.78, 5) is 23.6. The average molecular weight is 229 g/mol. The number of carbonyl (C=O) groups excluding carboxylic acids is 1. The Balaban J connectivity index is 2.36. The summed E-state index contributed by atoms with van der Waals surface area (Å²) >= 11 is 0. The normalized spacial score (nSPS) is 24.4. The van der Waals surface area contributed by atoms with Crippen LogP contribution in [-0.2, 0) is 14.3 Å². The van der Waals surface area contributed by atoms with Gasteiger partial charge in [-0.15, -0.1) is 0 Å². The first-order valence-electron chi connectivity index (χ1n) is 5.66. The second-order valence-corrected chi connectivity index (χ2v) is 4.14. The quantitative estimate of drug-likeness (QED) is 0.759. The second-order valence-electron chi connectivity index (χ2n) is 4.14. The number of likely N-dealkylation sites (N-methyl/N-ethyl adjacent to an activating group) is 1. The molecule has 1 N–H and O–H groups in total. The minimum Gasteiger partial charge on any atom is -0.481 e. The summed E-state index contributed by atoms with van der Waals surface area (Å²) in [6.45, 7) is 2.27. The van der Waals surface area contributed by atoms with Gasteiger partial charge in [0.15, 0.2) is 0 Å². The smallest absolute Gasteiger partial charge is 0.305 e. The number of amides is 1. The van der Waals surface area contributed by atoms with E-state index in [2.05, 4.69) is 0 Å². The van der Waals surface area contributed by atoms with Crippen molar-refractivity contribution in [3.8, 4) is 0 Å². The number of hydrogen-bond donors (Lipinski definition) is 1. The van der Waals surface area contributed by atoms with Gasteiger partial charge in [-0.25, -0.2) is 0 Å². The van der Waals surface area contributed by atoms with Crippen LogP contribution < -0.4 is 0 Å². The summed E-state index contributed by atoms with van der Waals surface area (Å²) in [7, 11) is 1.62. The molecule has 0 aromatic carbocycles. The number of ether oxygens (including phenoxy) is 1. The third-order valence-corrected chi connectivity index (χ3v) is 2.88. The molecule has 1 heterocycles. The fourth-order valence-electron chi connectivity index (χ4n) is 1.81. The van der Waals surface area contributed by atoms with Crippen LogP contribution in [0.3, 0.4) is 0 Å². The molecular formula is C11H19NO4. The van der Waals surface area contributed by atoms with Gasteiger partial charge in [0.2, 0.25) is 0 Å². The van der Waals surface area contributed by atoms with E-state index in [1.54, 1.807) is 7.05 Å². The molecule has 0 radical (unpaired) electrons. The Morgan fingerprint density at radius 3 is 2.62 bits per heavy atom. The molecule has 16 heavy (non-hydrogen) atoms. The number of carboxylic acid groups (broad SMARTS) is 1. The van der Waals surface area contributed by atoms with Gasteiger partial charge in [-0.1, -0.05) is 6.92 Å². The fourth-order valence-corrected chi connectivity index (χ4v) is 1.81. The Bertz CT molecular complexity index is 267. The predicted octanol–water partition coefficient (Wildman–Crippen LogP) is 0.877. The van der Waals surface area contributed by atoms with Gasteiger partial charge in [0.1, 0.15) is 6.10 Å². The molecule has 1 aliphatic rings. The highest BCUT2D eigenvalue weighted by Crippen LogP contribution is 2.23. The highest BCUT2D eigenvalue weighted by molar-refractivity contribution is 5.81. The van der Waals surface area contributed by atoms with E-state index in [4.69, 9.17) is 9.84 Å². The zero-order valence-electron chi connectivity index (χ0n) is 9.81. The Morgan fingerprint density at radius 1 is 1.44 bits per heavy atom. The molecule has 5 nitrogen and oxygen atoms in total. The van der Waals surface area contributed by atoms with Gasteiger partial charge in [0.05, 0.1) is 12.5 Å². The van der Waals surface area contributed by atoms with Gasteiger partial charge in [0, 0.05) is 13.6 Å². The molecule has 5 heteroatoms. The molecule has 1 fully saturated rings. The van der Waals surface area contributed by atoms with Gasteiger partial charge < -0.3 is 14.7 Å². The van der Waals surface area contributed by atoms with Crippen LogP contribution in [0.15, 0.2) is 0 Å². The molecular weight excluding hydrogens is 210 g/mol. The zero-order valence-corrected chi connectivity index (χ0v) is 9.81. The van der Waals surface area contributed by atoms with Crippen LogP contribution in [0.5, 0.6) is 0 Å². The van der Waals surface area contributed by atoms with Crippen LogP contribution in [0.25, 0.3) is 0 Å². The summed E-state index contributed by atoms with van der Waals surface area (Å²) in [6, 6.07) is 0. The lowest BCUT2D eigenvalue weighted by Crippen LogP contribution is -2.37. The molecule has 0 spiro atoms. The van der Waals surface area contributed by atoms with Crippen molar-refractivity contribution in [3.63, 3.8) is 0 Å². The van der Waals surface area contributed by atoms with Crippen LogP contribution in [0.4, 0.5) is 0 Å². The highest BCUT2D eigenvalue weighted by atomic mass is 16.5. The lowest BCUT2D eigenvalue weighted by atomic mass is 10.1. The van der Waals surface area contributed by atoms with Crippen molar-refractivity contribution >= 4 is 11.9 Å². The van der Waals surface area contributed by atoms with Crippen molar-refractivity contribution in [2.75, 3.05) is 13.6 Å². The van der Waals surface area contributed by atoms with Gasteiger partial charge >= 0.3 is 5.97 Å². The number of carbonyl (C=O) groups is 2. The number of carboxylic acids is 1. The second kappa shape index (κ2) is 5.84. The van der Waals surface area contributed by atoms with Crippen LogP contribution in [-0.4, -0.2) is 47.7 Å². The highest BCUT2D eigenvalue weighted by Gasteiger charge is 2.31. The predicted molar refractivity (Wildman–Crippen MR) is 58.1 cm³/mol. The summed E-state index contributed by atoms with van der Waals surface area (Å²) < 4.78 is 5.56. The first-order chi connectivity index (χ1) is 7.54. The van der Waals surface area contributed by atoms with Gasteiger partial charge in [0.25, 0.3) is 5.91 Å². The largest absolute Gasteiger partial charge is 0.481 e. The van der Waals surface area contributed by atoms with Crippen molar-refractivity contribution < 1.29 is 19.4 Å². The van der Waals surface area contributed by atoms with E-state index in [-0.39, 0.29) is 31.1 Å². The van der Waals surface area contributed by atoms with Crippen LogP contribution in [0.2, 0.25) is 0 Å². The molecule has 92 valence electrons. The topological polar surface area (TPSA) is 66.8 Å². The molecule has 0 aromatic heterocycles. The summed E-state index contributed by atoms with van der Waals surface area (Å²) in [5.41, 5.74) is 0. The van der Waals surface area contributed by atoms with Crippen molar-refractivity contribution in [2.45, 2.75) is 44.8 Å². The minimum absolute atomic E-state index is 0.0217. The third-order valence-electron chi connectivity index (χ3n) is 2.88. The lowest BCUT2D eigenvalue weighted by Gasteiger charge is -2.20. The van der Waals surface area contributed by atoms with Crippen molar-refractivity contribution in [1.82, 2.24) is 4.90 Å². The van der Waals surface area contributed by atoms with Gasteiger partial charge in [-0.3, -0.25) is 9.59 Å². The van der Waals surface area contributed by atoms with E-state index in [1.807, 2.05) is 6.92 Å². The minimum atomic E-state index is -0.890. The first-order valence-corrected chi connectivity index (χ1v) is 5.66. The molecule has 0 saturated carbocycles. The molecule has 0 aliphatic carbocycles. The van der Waals surface area contributed by atoms with Crippen LogP contribution in [0.1, 0.15) is 32.6 Å². The maximum absolute atomic E-state index is 11.8. The Morgan fingerprint density at radius 2 is 2.12 bits per heavy atom. The Hall–Kier alpha value is -1.10. The standard InChI is InChI=1S/C11H19NO4/c1-3-8-4-5-9(16-8)11(15)12(2)7-6-10(13)14/h8-9H,3-7H2,1-2H3,(H,13,14). The van der Waals surface area contributed by atoms with E-state index in [0.29, 0.717) is 0 Å². The molecule has 0 aromatic rings. The van der Waals surface area contributed by atoms with Gasteiger partial charge in [-0.2, -0.15) is 0 Å². The van der Waals surface area contributed by atoms with Crippen molar-refractivity contribution in [3.05, 3.63) is 0 Å². The van der Waals surface area contributed by atoms with Crippen molar-refractivity contribution in [1.29, 1.82) is 0 Å². The Kier molecular flexibility index (Phi) is 4.73. The molecule has 1 rings (SSSR count). The van der Waals surface area contributed by atoms with Crippen LogP contribution >= 0.6 is 0 Å². The molecule has 2 unspecified atom stereocenters. The number of aliphatic carboxylic acids is 1.